The topological polar surface area (TPSA) is 89.6 Å². The van der Waals surface area contributed by atoms with Crippen LogP contribution in [-0.2, 0) is 0 Å². The van der Waals surface area contributed by atoms with Crippen LogP contribution in [0.2, 0.25) is 5.02 Å². The molecular weight excluding hydrogens is 248 g/mol. The lowest BCUT2D eigenvalue weighted by atomic mass is 10.7. The fourth-order valence-corrected chi connectivity index (χ4v) is 1.84. The number of aromatic nitrogens is 4. The molecule has 0 aromatic carbocycles. The molecule has 6 nitrogen and oxygen atoms in total. The lowest BCUT2D eigenvalue weighted by molar-refractivity contribution is 1.01. The summed E-state index contributed by atoms with van der Waals surface area (Å²) in [5, 5.41) is 1.71. The van der Waals surface area contributed by atoms with E-state index in [9.17, 15) is 0 Å². The van der Waals surface area contributed by atoms with Crippen LogP contribution in [0.4, 0.5) is 5.95 Å². The minimum Gasteiger partial charge on any atom is -0.292 e. The molecule has 0 amide bonds. The molecule has 0 atom stereocenters. The molecule has 0 radical (unpaired) electrons. The Bertz CT molecular complexity index is 479. The molecule has 0 bridgehead atoms. The first-order chi connectivity index (χ1) is 7.79. The zero-order valence-electron chi connectivity index (χ0n) is 7.96. The Morgan fingerprint density at radius 1 is 1.25 bits per heavy atom. The van der Waals surface area contributed by atoms with Crippen LogP contribution in [0.25, 0.3) is 0 Å². The van der Waals surface area contributed by atoms with Crippen molar-refractivity contribution in [1.82, 2.24) is 19.9 Å². The summed E-state index contributed by atoms with van der Waals surface area (Å²) in [5.41, 5.74) is 2.35. The first-order valence-electron chi connectivity index (χ1n) is 4.22. The van der Waals surface area contributed by atoms with Crippen LogP contribution >= 0.6 is 23.4 Å². The predicted molar refractivity (Wildman–Crippen MR) is 61.0 cm³/mol. The molecule has 0 aliphatic carbocycles. The third-order valence-electron chi connectivity index (χ3n) is 1.58. The average Bonchev–Trinajstić information content (AvgIpc) is 2.33. The number of nitrogens with two attached hydrogens (primary N) is 1. The number of nitrogens with zero attached hydrogens (tertiary/aromatic N) is 4. The molecule has 0 fully saturated rings. The van der Waals surface area contributed by atoms with Crippen LogP contribution in [0, 0.1) is 0 Å². The van der Waals surface area contributed by atoms with Gasteiger partial charge in [0.1, 0.15) is 10.1 Å². The van der Waals surface area contributed by atoms with Gasteiger partial charge in [0.15, 0.2) is 0 Å². The van der Waals surface area contributed by atoms with Crippen molar-refractivity contribution in [3.05, 3.63) is 29.8 Å². The molecule has 16 heavy (non-hydrogen) atoms. The Balaban J connectivity index is 2.27. The van der Waals surface area contributed by atoms with Crippen molar-refractivity contribution in [1.29, 1.82) is 0 Å². The number of hydrogen-bond acceptors (Lipinski definition) is 7. The molecule has 0 aliphatic rings. The van der Waals surface area contributed by atoms with Crippen molar-refractivity contribution in [3.63, 3.8) is 0 Å². The van der Waals surface area contributed by atoms with Gasteiger partial charge in [-0.3, -0.25) is 10.4 Å². The molecule has 82 valence electrons. The Kier molecular flexibility index (Phi) is 3.50. The van der Waals surface area contributed by atoms with Gasteiger partial charge in [0.05, 0.1) is 17.4 Å². The number of nitrogens with one attached hydrogen (secondary N) is 1. The highest BCUT2D eigenvalue weighted by Gasteiger charge is 2.07. The molecule has 8 heteroatoms. The Hall–Kier alpha value is -1.44. The van der Waals surface area contributed by atoms with Gasteiger partial charge in [0, 0.05) is 12.4 Å². The summed E-state index contributed by atoms with van der Waals surface area (Å²) in [7, 11) is 0. The van der Waals surface area contributed by atoms with Crippen LogP contribution in [0.3, 0.4) is 0 Å². The molecule has 2 aromatic heterocycles. The number of hydrogen-bond donors (Lipinski definition) is 2. The second-order valence-electron chi connectivity index (χ2n) is 2.64. The highest BCUT2D eigenvalue weighted by atomic mass is 35.5. The van der Waals surface area contributed by atoms with E-state index in [4.69, 9.17) is 17.4 Å². The molecule has 2 heterocycles. The first-order valence-corrected chi connectivity index (χ1v) is 5.42. The summed E-state index contributed by atoms with van der Waals surface area (Å²) in [4.78, 5) is 16.0. The Morgan fingerprint density at radius 3 is 2.81 bits per heavy atom. The molecule has 0 unspecified atom stereocenters. The van der Waals surface area contributed by atoms with E-state index in [1.807, 2.05) is 0 Å². The van der Waals surface area contributed by atoms with Crippen LogP contribution < -0.4 is 11.3 Å². The fourth-order valence-electron chi connectivity index (χ4n) is 0.930. The van der Waals surface area contributed by atoms with E-state index in [1.165, 1.54) is 18.0 Å². The maximum Gasteiger partial charge on any atom is 0.238 e. The Labute approximate surface area is 101 Å². The maximum absolute atomic E-state index is 5.94. The van der Waals surface area contributed by atoms with Crippen LogP contribution in [0.5, 0.6) is 0 Å². The van der Waals surface area contributed by atoms with Crippen molar-refractivity contribution in [2.75, 3.05) is 5.43 Å². The minimum atomic E-state index is 0.302. The largest absolute Gasteiger partial charge is 0.292 e. The quantitative estimate of drug-likeness (QED) is 0.485. The van der Waals surface area contributed by atoms with Gasteiger partial charge in [0.2, 0.25) is 5.95 Å². The van der Waals surface area contributed by atoms with E-state index in [0.29, 0.717) is 21.0 Å². The van der Waals surface area contributed by atoms with Gasteiger partial charge >= 0.3 is 0 Å². The first kappa shape index (κ1) is 11.1. The monoisotopic (exact) mass is 254 g/mol. The molecule has 0 saturated heterocycles. The molecule has 2 rings (SSSR count). The number of rotatable bonds is 3. The van der Waals surface area contributed by atoms with E-state index >= 15 is 0 Å². The van der Waals surface area contributed by atoms with E-state index in [2.05, 4.69) is 25.4 Å². The van der Waals surface area contributed by atoms with E-state index in [0.717, 1.165) is 0 Å². The maximum atomic E-state index is 5.94. The lowest BCUT2D eigenvalue weighted by Crippen LogP contribution is -2.10. The predicted octanol–water partition coefficient (Wildman–Crippen LogP) is 1.36. The van der Waals surface area contributed by atoms with Gasteiger partial charge in [-0.05, 0) is 11.8 Å². The van der Waals surface area contributed by atoms with Crippen LogP contribution in [0.15, 0.2) is 34.8 Å². The second-order valence-corrected chi connectivity index (χ2v) is 4.05. The second kappa shape index (κ2) is 5.06. The van der Waals surface area contributed by atoms with Crippen molar-refractivity contribution < 1.29 is 0 Å². The summed E-state index contributed by atoms with van der Waals surface area (Å²) in [6.45, 7) is 0. The molecule has 0 aliphatic heterocycles. The van der Waals surface area contributed by atoms with Crippen molar-refractivity contribution >= 4 is 29.3 Å². The van der Waals surface area contributed by atoms with Crippen molar-refractivity contribution in [2.24, 2.45) is 5.84 Å². The molecule has 0 spiro atoms. The minimum absolute atomic E-state index is 0.302. The Morgan fingerprint density at radius 2 is 2.12 bits per heavy atom. The SMILES string of the molecule is NNc1ncc(Cl)c(Sc2cnccn2)n1. The van der Waals surface area contributed by atoms with E-state index < -0.39 is 0 Å². The third-order valence-corrected chi connectivity index (χ3v) is 2.89. The highest BCUT2D eigenvalue weighted by molar-refractivity contribution is 7.99. The van der Waals surface area contributed by atoms with Gasteiger partial charge in [-0.2, -0.15) is 0 Å². The van der Waals surface area contributed by atoms with Gasteiger partial charge in [-0.15, -0.1) is 0 Å². The average molecular weight is 255 g/mol. The standard InChI is InChI=1S/C8H7ClN6S/c9-5-3-13-8(15-10)14-7(5)16-6-4-11-1-2-12-6/h1-4H,10H2,(H,13,14,15). The number of nitrogen functional groups attached to an aromatic ring is 1. The third kappa shape index (κ3) is 2.57. The fraction of sp³-hybridized carbons (Fsp3) is 0. The normalized spacial score (nSPS) is 10.1. The summed E-state index contributed by atoms with van der Waals surface area (Å²) in [6, 6.07) is 0. The van der Waals surface area contributed by atoms with Crippen LogP contribution in [-0.4, -0.2) is 19.9 Å². The van der Waals surface area contributed by atoms with Gasteiger partial charge in [0.25, 0.3) is 0 Å². The van der Waals surface area contributed by atoms with Crippen molar-refractivity contribution in [2.45, 2.75) is 10.1 Å². The molecule has 3 N–H and O–H groups in total. The van der Waals surface area contributed by atoms with Gasteiger partial charge in [-0.1, -0.05) is 11.6 Å². The van der Waals surface area contributed by atoms with Gasteiger partial charge in [-0.25, -0.2) is 20.8 Å². The number of halogens is 1. The molecular formula is C8H7ClN6S. The molecule has 0 saturated carbocycles. The van der Waals surface area contributed by atoms with E-state index in [-0.39, 0.29) is 0 Å². The summed E-state index contributed by atoms with van der Waals surface area (Å²) in [6.07, 6.45) is 6.29. The molecule has 2 aromatic rings. The summed E-state index contributed by atoms with van der Waals surface area (Å²) < 4.78 is 0. The van der Waals surface area contributed by atoms with Crippen molar-refractivity contribution in [3.8, 4) is 0 Å². The van der Waals surface area contributed by atoms with Gasteiger partial charge < -0.3 is 0 Å². The summed E-state index contributed by atoms with van der Waals surface area (Å²) in [5.74, 6) is 5.51. The van der Waals surface area contributed by atoms with E-state index in [1.54, 1.807) is 18.6 Å². The summed E-state index contributed by atoms with van der Waals surface area (Å²) >= 11 is 7.23. The zero-order valence-corrected chi connectivity index (χ0v) is 9.53. The zero-order chi connectivity index (χ0) is 11.4. The van der Waals surface area contributed by atoms with Crippen LogP contribution in [0.1, 0.15) is 0 Å². The highest BCUT2D eigenvalue weighted by Crippen LogP contribution is 2.29. The smallest absolute Gasteiger partial charge is 0.238 e. The number of anilines is 1. The lowest BCUT2D eigenvalue weighted by Gasteiger charge is -2.03. The number of hydrazine groups is 1.